The molecule has 0 amide bonds. The lowest BCUT2D eigenvalue weighted by molar-refractivity contribution is 0.0528. The van der Waals surface area contributed by atoms with Crippen molar-refractivity contribution in [2.24, 2.45) is 10.9 Å². The molecule has 0 saturated heterocycles. The highest BCUT2D eigenvalue weighted by Gasteiger charge is 2.41. The Hall–Kier alpha value is -1.69. The van der Waals surface area contributed by atoms with Crippen molar-refractivity contribution in [2.75, 3.05) is 12.4 Å². The standard InChI is InChI=1S/C19H26F2N2O2/c1-25-14-9-10-15-16(12-14)23-18(24)17(22-15)19(20,21)11-5-4-8-13-6-2-3-7-13/h9-10,12-13,18,23-24H,2-8,11H2,1H3. The SMILES string of the molecule is COc1ccc2c(c1)NC(O)C(C(F)(F)CCCCC1CCCC1)=N2. The average molecular weight is 352 g/mol. The lowest BCUT2D eigenvalue weighted by Gasteiger charge is -2.28. The number of rotatable bonds is 7. The lowest BCUT2D eigenvalue weighted by atomic mass is 9.97. The van der Waals surface area contributed by atoms with Gasteiger partial charge in [0, 0.05) is 12.5 Å². The van der Waals surface area contributed by atoms with Crippen molar-refractivity contribution in [1.82, 2.24) is 0 Å². The minimum atomic E-state index is -3.11. The summed E-state index contributed by atoms with van der Waals surface area (Å²) < 4.78 is 34.2. The summed E-state index contributed by atoms with van der Waals surface area (Å²) >= 11 is 0. The van der Waals surface area contributed by atoms with Gasteiger partial charge in [0.2, 0.25) is 0 Å². The lowest BCUT2D eigenvalue weighted by Crippen LogP contribution is -2.43. The minimum Gasteiger partial charge on any atom is -0.497 e. The molecule has 6 heteroatoms. The van der Waals surface area contributed by atoms with Gasteiger partial charge in [-0.05, 0) is 24.5 Å². The van der Waals surface area contributed by atoms with Crippen LogP contribution in [0.5, 0.6) is 5.75 Å². The number of benzene rings is 1. The second kappa shape index (κ2) is 7.68. The molecular formula is C19H26F2N2O2. The van der Waals surface area contributed by atoms with Crippen molar-refractivity contribution in [1.29, 1.82) is 0 Å². The number of hydrogen-bond acceptors (Lipinski definition) is 4. The van der Waals surface area contributed by atoms with Crippen molar-refractivity contribution in [3.05, 3.63) is 18.2 Å². The summed E-state index contributed by atoms with van der Waals surface area (Å²) in [6.45, 7) is 0. The van der Waals surface area contributed by atoms with Crippen molar-refractivity contribution in [3.8, 4) is 5.75 Å². The highest BCUT2D eigenvalue weighted by Crippen LogP contribution is 2.37. The van der Waals surface area contributed by atoms with Crippen molar-refractivity contribution >= 4 is 17.1 Å². The zero-order chi connectivity index (χ0) is 17.9. The topological polar surface area (TPSA) is 53.8 Å². The zero-order valence-electron chi connectivity index (χ0n) is 14.6. The summed E-state index contributed by atoms with van der Waals surface area (Å²) in [5.74, 6) is -1.81. The Bertz CT molecular complexity index is 628. The van der Waals surface area contributed by atoms with E-state index in [1.807, 2.05) is 0 Å². The molecule has 2 aliphatic rings. The predicted molar refractivity (Wildman–Crippen MR) is 95.1 cm³/mol. The van der Waals surface area contributed by atoms with Gasteiger partial charge in [-0.1, -0.05) is 38.5 Å². The van der Waals surface area contributed by atoms with E-state index in [2.05, 4.69) is 10.3 Å². The fourth-order valence-corrected chi connectivity index (χ4v) is 3.75. The van der Waals surface area contributed by atoms with Crippen molar-refractivity contribution in [2.45, 2.75) is 63.5 Å². The molecule has 1 heterocycles. The first-order valence-corrected chi connectivity index (χ1v) is 9.09. The maximum atomic E-state index is 14.5. The summed E-state index contributed by atoms with van der Waals surface area (Å²) in [4.78, 5) is 4.03. The zero-order valence-corrected chi connectivity index (χ0v) is 14.6. The molecule has 2 N–H and O–H groups in total. The third-order valence-corrected chi connectivity index (χ3v) is 5.20. The number of aliphatic hydroxyl groups excluding tert-OH is 1. The van der Waals surface area contributed by atoms with Gasteiger partial charge in [0.1, 0.15) is 11.5 Å². The average Bonchev–Trinajstić information content (AvgIpc) is 3.11. The molecule has 1 aliphatic carbocycles. The number of unbranched alkanes of at least 4 members (excludes halogenated alkanes) is 1. The Labute approximate surface area is 147 Å². The molecule has 1 fully saturated rings. The summed E-state index contributed by atoms with van der Waals surface area (Å²) in [6.07, 6.45) is 5.58. The first kappa shape index (κ1) is 18.1. The van der Waals surface area contributed by atoms with Gasteiger partial charge in [0.05, 0.1) is 18.5 Å². The van der Waals surface area contributed by atoms with Gasteiger partial charge in [0.25, 0.3) is 5.92 Å². The molecule has 1 saturated carbocycles. The van der Waals surface area contributed by atoms with Gasteiger partial charge in [0.15, 0.2) is 6.23 Å². The number of aliphatic hydroxyl groups is 1. The molecule has 1 aliphatic heterocycles. The Morgan fingerprint density at radius 2 is 2.04 bits per heavy atom. The van der Waals surface area contributed by atoms with Crippen LogP contribution in [0.4, 0.5) is 20.2 Å². The normalized spacial score (nSPS) is 20.8. The molecule has 0 radical (unpaired) electrons. The van der Waals surface area contributed by atoms with Gasteiger partial charge in [-0.15, -0.1) is 0 Å². The van der Waals surface area contributed by atoms with E-state index in [-0.39, 0.29) is 6.42 Å². The molecule has 1 unspecified atom stereocenters. The number of methoxy groups -OCH3 is 1. The first-order chi connectivity index (χ1) is 12.0. The van der Waals surface area contributed by atoms with E-state index in [4.69, 9.17) is 4.74 Å². The minimum absolute atomic E-state index is 0.275. The Morgan fingerprint density at radius 1 is 1.28 bits per heavy atom. The van der Waals surface area contributed by atoms with Crippen LogP contribution in [0, 0.1) is 5.92 Å². The van der Waals surface area contributed by atoms with Crippen LogP contribution in [0.3, 0.4) is 0 Å². The smallest absolute Gasteiger partial charge is 0.290 e. The molecule has 0 aromatic heterocycles. The third-order valence-electron chi connectivity index (χ3n) is 5.20. The summed E-state index contributed by atoms with van der Waals surface area (Å²) in [5, 5.41) is 12.8. The molecule has 1 atom stereocenters. The van der Waals surface area contributed by atoms with Gasteiger partial charge in [-0.25, -0.2) is 4.99 Å². The van der Waals surface area contributed by atoms with Crippen LogP contribution in [0.15, 0.2) is 23.2 Å². The van der Waals surface area contributed by atoms with Gasteiger partial charge in [-0.2, -0.15) is 8.78 Å². The molecule has 25 heavy (non-hydrogen) atoms. The van der Waals surface area contributed by atoms with E-state index in [0.29, 0.717) is 23.5 Å². The number of nitrogens with one attached hydrogen (secondary N) is 1. The number of hydrogen-bond donors (Lipinski definition) is 2. The largest absolute Gasteiger partial charge is 0.497 e. The van der Waals surface area contributed by atoms with E-state index < -0.39 is 17.9 Å². The summed E-state index contributed by atoms with van der Waals surface area (Å²) in [7, 11) is 1.52. The molecule has 4 nitrogen and oxygen atoms in total. The van der Waals surface area contributed by atoms with Crippen LogP contribution >= 0.6 is 0 Å². The fourth-order valence-electron chi connectivity index (χ4n) is 3.75. The van der Waals surface area contributed by atoms with E-state index in [9.17, 15) is 13.9 Å². The molecular weight excluding hydrogens is 326 g/mol. The molecule has 3 rings (SSSR count). The van der Waals surface area contributed by atoms with E-state index in [0.717, 1.165) is 18.8 Å². The van der Waals surface area contributed by atoms with Crippen LogP contribution in [-0.4, -0.2) is 30.1 Å². The summed E-state index contributed by atoms with van der Waals surface area (Å²) in [5.41, 5.74) is 0.394. The highest BCUT2D eigenvalue weighted by molar-refractivity contribution is 6.01. The van der Waals surface area contributed by atoms with Gasteiger partial charge >= 0.3 is 0 Å². The molecule has 138 valence electrons. The van der Waals surface area contributed by atoms with Crippen LogP contribution in [0.25, 0.3) is 0 Å². The number of aliphatic imine (C=N–C) groups is 1. The number of anilines is 1. The van der Waals surface area contributed by atoms with E-state index in [1.165, 1.54) is 32.8 Å². The number of alkyl halides is 2. The number of halogens is 2. The Kier molecular flexibility index (Phi) is 5.57. The highest BCUT2D eigenvalue weighted by atomic mass is 19.3. The van der Waals surface area contributed by atoms with Crippen LogP contribution in [-0.2, 0) is 0 Å². The molecule has 1 aromatic rings. The van der Waals surface area contributed by atoms with Crippen LogP contribution in [0.1, 0.15) is 51.4 Å². The maximum Gasteiger partial charge on any atom is 0.290 e. The quantitative estimate of drug-likeness (QED) is 0.687. The van der Waals surface area contributed by atoms with E-state index in [1.54, 1.807) is 18.2 Å². The van der Waals surface area contributed by atoms with E-state index >= 15 is 0 Å². The fraction of sp³-hybridized carbons (Fsp3) is 0.632. The van der Waals surface area contributed by atoms with Crippen LogP contribution in [0.2, 0.25) is 0 Å². The first-order valence-electron chi connectivity index (χ1n) is 9.09. The number of nitrogens with zero attached hydrogens (tertiary/aromatic N) is 1. The number of fused-ring (bicyclic) bond motifs is 1. The number of ether oxygens (including phenoxy) is 1. The van der Waals surface area contributed by atoms with Crippen molar-refractivity contribution in [3.63, 3.8) is 0 Å². The van der Waals surface area contributed by atoms with Crippen molar-refractivity contribution < 1.29 is 18.6 Å². The Balaban J connectivity index is 1.62. The molecule has 0 bridgehead atoms. The monoisotopic (exact) mass is 352 g/mol. The van der Waals surface area contributed by atoms with Gasteiger partial charge in [-0.3, -0.25) is 0 Å². The second-order valence-electron chi connectivity index (χ2n) is 7.03. The third kappa shape index (κ3) is 4.29. The van der Waals surface area contributed by atoms with Gasteiger partial charge < -0.3 is 15.2 Å². The van der Waals surface area contributed by atoms with Crippen LogP contribution < -0.4 is 10.1 Å². The molecule has 1 aromatic carbocycles. The molecule has 0 spiro atoms. The Morgan fingerprint density at radius 3 is 2.76 bits per heavy atom. The second-order valence-corrected chi connectivity index (χ2v) is 7.03. The summed E-state index contributed by atoms with van der Waals surface area (Å²) in [6, 6.07) is 4.92. The maximum absolute atomic E-state index is 14.5. The predicted octanol–water partition coefficient (Wildman–Crippen LogP) is 4.90.